The lowest BCUT2D eigenvalue weighted by atomic mass is 9.82. The van der Waals surface area contributed by atoms with Crippen LogP contribution in [-0.4, -0.2) is 18.0 Å². The minimum atomic E-state index is -0.392. The smallest absolute Gasteiger partial charge is 0.328 e. The summed E-state index contributed by atoms with van der Waals surface area (Å²) in [5, 5.41) is 3.72. The second kappa shape index (κ2) is 5.26. The molecule has 6 heteroatoms. The van der Waals surface area contributed by atoms with Crippen molar-refractivity contribution in [2.45, 2.75) is 31.7 Å². The van der Waals surface area contributed by atoms with Gasteiger partial charge in [0.05, 0.1) is 11.6 Å². The highest BCUT2D eigenvalue weighted by molar-refractivity contribution is 6.35. The standard InChI is InChI=1S/C14H14Cl2N2O2/c15-8-5-9(16)7-10(6-8)18-13(19)11-3-1-2-4-12(11)17-14(18)20/h5-7,11-12H,1-4H2,(H,17,20). The maximum atomic E-state index is 12.6. The average Bonchev–Trinajstić information content (AvgIpc) is 2.37. The first kappa shape index (κ1) is 13.7. The number of benzene rings is 1. The Morgan fingerprint density at radius 1 is 1.05 bits per heavy atom. The van der Waals surface area contributed by atoms with Crippen LogP contribution in [0.15, 0.2) is 18.2 Å². The molecule has 2 unspecified atom stereocenters. The first-order chi connectivity index (χ1) is 9.56. The summed E-state index contributed by atoms with van der Waals surface area (Å²) >= 11 is 11.9. The van der Waals surface area contributed by atoms with Gasteiger partial charge in [0.25, 0.3) is 0 Å². The van der Waals surface area contributed by atoms with Crippen LogP contribution in [0.3, 0.4) is 0 Å². The van der Waals surface area contributed by atoms with Crippen LogP contribution >= 0.6 is 23.2 Å². The monoisotopic (exact) mass is 312 g/mol. The number of nitrogens with one attached hydrogen (secondary N) is 1. The molecule has 1 aliphatic heterocycles. The molecule has 2 atom stereocenters. The molecular weight excluding hydrogens is 299 g/mol. The third-order valence-corrected chi connectivity index (χ3v) is 4.36. The molecule has 1 N–H and O–H groups in total. The van der Waals surface area contributed by atoms with Gasteiger partial charge in [0.15, 0.2) is 0 Å². The van der Waals surface area contributed by atoms with Crippen molar-refractivity contribution in [3.05, 3.63) is 28.2 Å². The number of carbonyl (C=O) groups is 2. The topological polar surface area (TPSA) is 49.4 Å². The van der Waals surface area contributed by atoms with E-state index in [1.165, 1.54) is 0 Å². The molecule has 0 aromatic heterocycles. The first-order valence-electron chi connectivity index (χ1n) is 6.67. The lowest BCUT2D eigenvalue weighted by molar-refractivity contribution is -0.124. The molecule has 4 nitrogen and oxygen atoms in total. The first-order valence-corrected chi connectivity index (χ1v) is 7.42. The molecule has 2 fully saturated rings. The van der Waals surface area contributed by atoms with Crippen molar-refractivity contribution in [1.82, 2.24) is 5.32 Å². The summed E-state index contributed by atoms with van der Waals surface area (Å²) < 4.78 is 0. The Balaban J connectivity index is 1.95. The number of hydrogen-bond acceptors (Lipinski definition) is 2. The summed E-state index contributed by atoms with van der Waals surface area (Å²) in [5.41, 5.74) is 0.425. The summed E-state index contributed by atoms with van der Waals surface area (Å²) in [7, 11) is 0. The van der Waals surface area contributed by atoms with Gasteiger partial charge in [-0.25, -0.2) is 9.69 Å². The van der Waals surface area contributed by atoms with Crippen molar-refractivity contribution in [2.75, 3.05) is 4.90 Å². The number of amides is 3. The van der Waals surface area contributed by atoms with Gasteiger partial charge in [-0.1, -0.05) is 36.0 Å². The van der Waals surface area contributed by atoms with Crippen LogP contribution in [0.1, 0.15) is 25.7 Å². The maximum Gasteiger partial charge on any atom is 0.328 e. The SMILES string of the molecule is O=C1NC2CCCCC2C(=O)N1c1cc(Cl)cc(Cl)c1. The molecule has 3 rings (SSSR count). The molecule has 3 amide bonds. The molecule has 1 aromatic carbocycles. The number of fused-ring (bicyclic) bond motifs is 1. The van der Waals surface area contributed by atoms with E-state index in [0.29, 0.717) is 15.7 Å². The Kier molecular flexibility index (Phi) is 3.61. The summed E-state index contributed by atoms with van der Waals surface area (Å²) in [6.07, 6.45) is 3.76. The fourth-order valence-electron chi connectivity index (χ4n) is 3.00. The van der Waals surface area contributed by atoms with Gasteiger partial charge in [-0.05, 0) is 31.0 Å². The molecule has 20 heavy (non-hydrogen) atoms. The van der Waals surface area contributed by atoms with Crippen molar-refractivity contribution in [3.63, 3.8) is 0 Å². The molecule has 1 saturated carbocycles. The van der Waals surface area contributed by atoms with Crippen molar-refractivity contribution >= 4 is 40.8 Å². The Labute approximate surface area is 127 Å². The summed E-state index contributed by atoms with van der Waals surface area (Å²) in [6, 6.07) is 4.30. The minimum absolute atomic E-state index is 0.0327. The van der Waals surface area contributed by atoms with Gasteiger partial charge in [-0.3, -0.25) is 4.79 Å². The highest BCUT2D eigenvalue weighted by Gasteiger charge is 2.42. The van der Waals surface area contributed by atoms with Crippen LogP contribution in [0.5, 0.6) is 0 Å². The number of nitrogens with zero attached hydrogens (tertiary/aromatic N) is 1. The van der Waals surface area contributed by atoms with E-state index >= 15 is 0 Å². The van der Waals surface area contributed by atoms with Gasteiger partial charge in [0, 0.05) is 16.1 Å². The highest BCUT2D eigenvalue weighted by atomic mass is 35.5. The van der Waals surface area contributed by atoms with Crippen molar-refractivity contribution in [3.8, 4) is 0 Å². The molecule has 106 valence electrons. The van der Waals surface area contributed by atoms with E-state index in [2.05, 4.69) is 5.32 Å². The molecular formula is C14H14Cl2N2O2. The zero-order valence-electron chi connectivity index (χ0n) is 10.7. The minimum Gasteiger partial charge on any atom is -0.334 e. The number of urea groups is 1. The van der Waals surface area contributed by atoms with Crippen molar-refractivity contribution in [1.29, 1.82) is 0 Å². The van der Waals surface area contributed by atoms with Gasteiger partial charge in [0.2, 0.25) is 5.91 Å². The lowest BCUT2D eigenvalue weighted by Gasteiger charge is -2.39. The van der Waals surface area contributed by atoms with Crippen LogP contribution in [0.2, 0.25) is 10.0 Å². The van der Waals surface area contributed by atoms with E-state index in [1.807, 2.05) is 0 Å². The largest absolute Gasteiger partial charge is 0.334 e. The fraction of sp³-hybridized carbons (Fsp3) is 0.429. The summed E-state index contributed by atoms with van der Waals surface area (Å²) in [5.74, 6) is -0.295. The molecule has 0 radical (unpaired) electrons. The predicted octanol–water partition coefficient (Wildman–Crippen LogP) is 3.61. The Hall–Kier alpha value is -1.26. The van der Waals surface area contributed by atoms with Gasteiger partial charge < -0.3 is 5.32 Å². The van der Waals surface area contributed by atoms with Gasteiger partial charge in [-0.2, -0.15) is 0 Å². The number of carbonyl (C=O) groups excluding carboxylic acids is 2. The third kappa shape index (κ3) is 2.38. The van der Waals surface area contributed by atoms with Crippen LogP contribution < -0.4 is 10.2 Å². The zero-order chi connectivity index (χ0) is 14.3. The Bertz CT molecular complexity index is 556. The third-order valence-electron chi connectivity index (χ3n) is 3.92. The maximum absolute atomic E-state index is 12.6. The van der Waals surface area contributed by atoms with E-state index in [-0.39, 0.29) is 17.9 Å². The molecule has 0 bridgehead atoms. The van der Waals surface area contributed by atoms with E-state index in [1.54, 1.807) is 18.2 Å². The normalized spacial score (nSPS) is 26.2. The molecule has 1 saturated heterocycles. The molecule has 2 aliphatic rings. The molecule has 1 aromatic rings. The van der Waals surface area contributed by atoms with E-state index in [0.717, 1.165) is 30.6 Å². The Morgan fingerprint density at radius 3 is 2.40 bits per heavy atom. The number of hydrogen-bond donors (Lipinski definition) is 1. The van der Waals surface area contributed by atoms with Crippen molar-refractivity contribution < 1.29 is 9.59 Å². The Morgan fingerprint density at radius 2 is 1.70 bits per heavy atom. The lowest BCUT2D eigenvalue weighted by Crippen LogP contribution is -2.61. The average molecular weight is 313 g/mol. The van der Waals surface area contributed by atoms with E-state index in [9.17, 15) is 9.59 Å². The van der Waals surface area contributed by atoms with Gasteiger partial charge in [-0.15, -0.1) is 0 Å². The van der Waals surface area contributed by atoms with E-state index in [4.69, 9.17) is 23.2 Å². The van der Waals surface area contributed by atoms with Gasteiger partial charge in [0.1, 0.15) is 0 Å². The molecule has 1 heterocycles. The second-order valence-corrected chi connectivity index (χ2v) is 6.12. The second-order valence-electron chi connectivity index (χ2n) is 5.25. The highest BCUT2D eigenvalue weighted by Crippen LogP contribution is 2.33. The number of rotatable bonds is 1. The van der Waals surface area contributed by atoms with Crippen LogP contribution in [0, 0.1) is 5.92 Å². The number of halogens is 2. The number of anilines is 1. The summed E-state index contributed by atoms with van der Waals surface area (Å²) in [6.45, 7) is 0. The predicted molar refractivity (Wildman–Crippen MR) is 78.2 cm³/mol. The summed E-state index contributed by atoms with van der Waals surface area (Å²) in [4.78, 5) is 25.9. The van der Waals surface area contributed by atoms with E-state index < -0.39 is 6.03 Å². The molecule has 1 aliphatic carbocycles. The van der Waals surface area contributed by atoms with Crippen LogP contribution in [0.25, 0.3) is 0 Å². The number of imide groups is 1. The zero-order valence-corrected chi connectivity index (χ0v) is 12.2. The van der Waals surface area contributed by atoms with Crippen molar-refractivity contribution in [2.24, 2.45) is 5.92 Å². The fourth-order valence-corrected chi connectivity index (χ4v) is 3.52. The van der Waals surface area contributed by atoms with Crippen LogP contribution in [-0.2, 0) is 4.79 Å². The molecule has 0 spiro atoms. The quantitative estimate of drug-likeness (QED) is 0.861. The van der Waals surface area contributed by atoms with Gasteiger partial charge >= 0.3 is 6.03 Å². The van der Waals surface area contributed by atoms with Crippen LogP contribution in [0.4, 0.5) is 10.5 Å².